The lowest BCUT2D eigenvalue weighted by molar-refractivity contribution is -0.117. The summed E-state index contributed by atoms with van der Waals surface area (Å²) in [5.74, 6) is 1.51. The summed E-state index contributed by atoms with van der Waals surface area (Å²) in [6, 6.07) is 15.0. The van der Waals surface area contributed by atoms with E-state index in [0.29, 0.717) is 13.1 Å². The number of hydrogen-bond donors (Lipinski definition) is 1. The van der Waals surface area contributed by atoms with Gasteiger partial charge in [-0.15, -0.1) is 0 Å². The van der Waals surface area contributed by atoms with E-state index < -0.39 is 0 Å². The Morgan fingerprint density at radius 2 is 1.67 bits per heavy atom. The number of amides is 1. The van der Waals surface area contributed by atoms with Gasteiger partial charge in [-0.2, -0.15) is 0 Å². The second kappa shape index (κ2) is 7.99. The molecule has 0 fully saturated rings. The molecule has 1 amide bonds. The molecule has 24 heavy (non-hydrogen) atoms. The number of benzene rings is 1. The number of furan rings is 2. The van der Waals surface area contributed by atoms with Crippen LogP contribution in [0.2, 0.25) is 0 Å². The van der Waals surface area contributed by atoms with E-state index in [2.05, 4.69) is 21.2 Å². The minimum Gasteiger partial charge on any atom is -0.468 e. The SMILES string of the molecule is O=C(CN(Cc1ccco1)Cc1ccco1)Nc1cccc(Br)c1. The van der Waals surface area contributed by atoms with Crippen molar-refractivity contribution in [1.82, 2.24) is 4.90 Å². The number of rotatable bonds is 7. The second-order valence-corrected chi connectivity index (χ2v) is 6.28. The van der Waals surface area contributed by atoms with Crippen molar-refractivity contribution < 1.29 is 13.6 Å². The van der Waals surface area contributed by atoms with Gasteiger partial charge in [-0.1, -0.05) is 22.0 Å². The molecule has 0 saturated carbocycles. The Morgan fingerprint density at radius 1 is 1.00 bits per heavy atom. The monoisotopic (exact) mass is 388 g/mol. The third-order valence-electron chi connectivity index (χ3n) is 3.39. The molecule has 1 aromatic carbocycles. The van der Waals surface area contributed by atoms with Gasteiger partial charge in [0.2, 0.25) is 5.91 Å². The van der Waals surface area contributed by atoms with E-state index in [9.17, 15) is 4.79 Å². The highest BCUT2D eigenvalue weighted by Gasteiger charge is 2.15. The Labute approximate surface area is 148 Å². The number of hydrogen-bond acceptors (Lipinski definition) is 4. The molecule has 0 aliphatic rings. The molecule has 0 atom stereocenters. The van der Waals surface area contributed by atoms with Crippen LogP contribution in [0.15, 0.2) is 74.4 Å². The molecule has 5 nitrogen and oxygen atoms in total. The highest BCUT2D eigenvalue weighted by atomic mass is 79.9. The zero-order valence-corrected chi connectivity index (χ0v) is 14.5. The van der Waals surface area contributed by atoms with E-state index in [4.69, 9.17) is 8.83 Å². The third-order valence-corrected chi connectivity index (χ3v) is 3.89. The Balaban J connectivity index is 1.64. The highest BCUT2D eigenvalue weighted by molar-refractivity contribution is 9.10. The largest absolute Gasteiger partial charge is 0.468 e. The zero-order chi connectivity index (χ0) is 16.8. The number of carbonyl (C=O) groups excluding carboxylic acids is 1. The predicted molar refractivity (Wildman–Crippen MR) is 94.3 cm³/mol. The molecule has 0 spiro atoms. The molecule has 0 unspecified atom stereocenters. The first kappa shape index (κ1) is 16.5. The Hall–Kier alpha value is -2.31. The molecule has 0 aliphatic carbocycles. The van der Waals surface area contributed by atoms with E-state index in [1.165, 1.54) is 0 Å². The first-order chi connectivity index (χ1) is 11.7. The lowest BCUT2D eigenvalue weighted by Crippen LogP contribution is -2.32. The van der Waals surface area contributed by atoms with Crippen molar-refractivity contribution in [2.24, 2.45) is 0 Å². The molecule has 6 heteroatoms. The van der Waals surface area contributed by atoms with Gasteiger partial charge in [0.1, 0.15) is 11.5 Å². The minimum absolute atomic E-state index is 0.0915. The standard InChI is InChI=1S/C18H17BrN2O3/c19-14-4-1-5-15(10-14)20-18(22)13-21(11-16-6-2-8-23-16)12-17-7-3-9-24-17/h1-10H,11-13H2,(H,20,22). The van der Waals surface area contributed by atoms with Crippen molar-refractivity contribution in [1.29, 1.82) is 0 Å². The van der Waals surface area contributed by atoms with E-state index in [1.807, 2.05) is 53.4 Å². The smallest absolute Gasteiger partial charge is 0.238 e. The van der Waals surface area contributed by atoms with Gasteiger partial charge < -0.3 is 14.2 Å². The van der Waals surface area contributed by atoms with Gasteiger partial charge in [0.05, 0.1) is 32.2 Å². The van der Waals surface area contributed by atoms with Crippen LogP contribution in [0.1, 0.15) is 11.5 Å². The second-order valence-electron chi connectivity index (χ2n) is 5.36. The van der Waals surface area contributed by atoms with Crippen LogP contribution >= 0.6 is 15.9 Å². The lowest BCUT2D eigenvalue weighted by atomic mass is 10.3. The van der Waals surface area contributed by atoms with Crippen molar-refractivity contribution in [2.45, 2.75) is 13.1 Å². The van der Waals surface area contributed by atoms with Crippen molar-refractivity contribution in [2.75, 3.05) is 11.9 Å². The maximum absolute atomic E-state index is 12.4. The van der Waals surface area contributed by atoms with Gasteiger partial charge in [0.15, 0.2) is 0 Å². The summed E-state index contributed by atoms with van der Waals surface area (Å²) in [6.07, 6.45) is 3.25. The van der Waals surface area contributed by atoms with Gasteiger partial charge in [-0.3, -0.25) is 9.69 Å². The minimum atomic E-state index is -0.0915. The van der Waals surface area contributed by atoms with Crippen LogP contribution in [0, 0.1) is 0 Å². The first-order valence-corrected chi connectivity index (χ1v) is 8.31. The lowest BCUT2D eigenvalue weighted by Gasteiger charge is -2.19. The molecule has 0 bridgehead atoms. The Morgan fingerprint density at radius 3 is 2.21 bits per heavy atom. The summed E-state index contributed by atoms with van der Waals surface area (Å²) in [5.41, 5.74) is 0.755. The third kappa shape index (κ3) is 4.84. The molecular weight excluding hydrogens is 372 g/mol. The van der Waals surface area contributed by atoms with E-state index in [0.717, 1.165) is 21.7 Å². The molecule has 3 rings (SSSR count). The van der Waals surface area contributed by atoms with Crippen molar-refractivity contribution in [3.8, 4) is 0 Å². The number of carbonyl (C=O) groups is 1. The predicted octanol–water partition coefficient (Wildman–Crippen LogP) is 4.28. The van der Waals surface area contributed by atoms with Gasteiger partial charge in [0.25, 0.3) is 0 Å². The fourth-order valence-electron chi connectivity index (χ4n) is 2.38. The molecule has 2 heterocycles. The average molecular weight is 389 g/mol. The van der Waals surface area contributed by atoms with Crippen LogP contribution in [0.5, 0.6) is 0 Å². The molecule has 0 aliphatic heterocycles. The summed E-state index contributed by atoms with van der Waals surface area (Å²) in [4.78, 5) is 14.3. The Bertz CT molecular complexity index is 733. The number of halogens is 1. The summed E-state index contributed by atoms with van der Waals surface area (Å²) in [7, 11) is 0. The van der Waals surface area contributed by atoms with Gasteiger partial charge in [0, 0.05) is 10.2 Å². The van der Waals surface area contributed by atoms with Crippen LogP contribution in [0.3, 0.4) is 0 Å². The van der Waals surface area contributed by atoms with Gasteiger partial charge in [-0.25, -0.2) is 0 Å². The fraction of sp³-hybridized carbons (Fsp3) is 0.167. The van der Waals surface area contributed by atoms with E-state index in [1.54, 1.807) is 12.5 Å². The number of nitrogens with one attached hydrogen (secondary N) is 1. The van der Waals surface area contributed by atoms with Crippen LogP contribution in [-0.4, -0.2) is 17.4 Å². The van der Waals surface area contributed by atoms with E-state index >= 15 is 0 Å². The summed E-state index contributed by atoms with van der Waals surface area (Å²) in [6.45, 7) is 1.28. The van der Waals surface area contributed by atoms with Crippen molar-refractivity contribution >= 4 is 27.5 Å². The molecular formula is C18H17BrN2O3. The summed E-state index contributed by atoms with van der Waals surface area (Å²) < 4.78 is 11.7. The van der Waals surface area contributed by atoms with Crippen molar-refractivity contribution in [3.05, 3.63) is 77.1 Å². The highest BCUT2D eigenvalue weighted by Crippen LogP contribution is 2.16. The summed E-state index contributed by atoms with van der Waals surface area (Å²) in [5, 5.41) is 2.90. The van der Waals surface area contributed by atoms with Crippen LogP contribution in [-0.2, 0) is 17.9 Å². The zero-order valence-electron chi connectivity index (χ0n) is 12.9. The quantitative estimate of drug-likeness (QED) is 0.656. The topological polar surface area (TPSA) is 58.6 Å². The van der Waals surface area contributed by atoms with Gasteiger partial charge in [-0.05, 0) is 42.5 Å². The Kier molecular flexibility index (Phi) is 5.51. The summed E-state index contributed by atoms with van der Waals surface area (Å²) >= 11 is 3.40. The maximum atomic E-state index is 12.4. The first-order valence-electron chi connectivity index (χ1n) is 7.51. The van der Waals surface area contributed by atoms with Gasteiger partial charge >= 0.3 is 0 Å². The van der Waals surface area contributed by atoms with Crippen LogP contribution in [0.4, 0.5) is 5.69 Å². The molecule has 1 N–H and O–H groups in total. The fourth-order valence-corrected chi connectivity index (χ4v) is 2.78. The van der Waals surface area contributed by atoms with Crippen LogP contribution in [0.25, 0.3) is 0 Å². The van der Waals surface area contributed by atoms with Crippen molar-refractivity contribution in [3.63, 3.8) is 0 Å². The molecule has 2 aromatic heterocycles. The number of nitrogens with zero attached hydrogens (tertiary/aromatic N) is 1. The molecule has 0 saturated heterocycles. The number of anilines is 1. The normalized spacial score (nSPS) is 10.9. The van der Waals surface area contributed by atoms with Crippen LogP contribution < -0.4 is 5.32 Å². The maximum Gasteiger partial charge on any atom is 0.238 e. The van der Waals surface area contributed by atoms with E-state index in [-0.39, 0.29) is 12.5 Å². The molecule has 124 valence electrons. The average Bonchev–Trinajstić information content (AvgIpc) is 3.21. The molecule has 0 radical (unpaired) electrons. The molecule has 3 aromatic rings.